The van der Waals surface area contributed by atoms with Gasteiger partial charge >= 0.3 is 0 Å². The Labute approximate surface area is 126 Å². The normalized spacial score (nSPS) is 22.6. The first-order valence-electron chi connectivity index (χ1n) is 7.26. The van der Waals surface area contributed by atoms with Crippen LogP contribution in [0.3, 0.4) is 0 Å². The second-order valence-corrected chi connectivity index (χ2v) is 6.62. The van der Waals surface area contributed by atoms with E-state index in [-0.39, 0.29) is 11.6 Å². The van der Waals surface area contributed by atoms with Crippen LogP contribution in [0.2, 0.25) is 0 Å². The summed E-state index contributed by atoms with van der Waals surface area (Å²) in [6.45, 7) is 3.50. The molecule has 0 spiro atoms. The van der Waals surface area contributed by atoms with Crippen LogP contribution in [0.4, 0.5) is 8.78 Å². The molecule has 0 amide bonds. The number of benzene rings is 1. The summed E-state index contributed by atoms with van der Waals surface area (Å²) < 4.78 is 29.1. The van der Waals surface area contributed by atoms with Crippen molar-refractivity contribution < 1.29 is 8.78 Å². The molecule has 0 bridgehead atoms. The van der Waals surface area contributed by atoms with Gasteiger partial charge in [-0.2, -0.15) is 0 Å². The lowest BCUT2D eigenvalue weighted by Crippen LogP contribution is -2.48. The molecule has 0 unspecified atom stereocenters. The van der Waals surface area contributed by atoms with E-state index >= 15 is 0 Å². The first kappa shape index (κ1) is 14.4. The van der Waals surface area contributed by atoms with Gasteiger partial charge in [0.2, 0.25) is 0 Å². The van der Waals surface area contributed by atoms with E-state index < -0.39 is 11.6 Å². The van der Waals surface area contributed by atoms with Crippen molar-refractivity contribution in [2.24, 2.45) is 5.92 Å². The Morgan fingerprint density at radius 1 is 1.15 bits per heavy atom. The third kappa shape index (κ3) is 2.76. The van der Waals surface area contributed by atoms with Crippen molar-refractivity contribution in [2.75, 3.05) is 26.2 Å². The topological polar surface area (TPSA) is 15.3 Å². The first-order chi connectivity index (χ1) is 9.66. The van der Waals surface area contributed by atoms with Gasteiger partial charge in [0.15, 0.2) is 0 Å². The summed E-state index contributed by atoms with van der Waals surface area (Å²) in [7, 11) is 0. The van der Waals surface area contributed by atoms with Gasteiger partial charge in [-0.15, -0.1) is 0 Å². The molecule has 2 fully saturated rings. The smallest absolute Gasteiger partial charge is 0.132 e. The molecule has 20 heavy (non-hydrogen) atoms. The number of nitrogens with one attached hydrogen (secondary N) is 1. The molecule has 5 heteroatoms. The quantitative estimate of drug-likeness (QED) is 0.903. The Balaban J connectivity index is 1.96. The molecule has 1 N–H and O–H groups in total. The van der Waals surface area contributed by atoms with Crippen LogP contribution in [0.15, 0.2) is 16.6 Å². The van der Waals surface area contributed by atoms with Gasteiger partial charge in [0.25, 0.3) is 0 Å². The highest BCUT2D eigenvalue weighted by Gasteiger charge is 2.36. The summed E-state index contributed by atoms with van der Waals surface area (Å²) in [5.74, 6) is -0.460. The van der Waals surface area contributed by atoms with E-state index in [4.69, 9.17) is 0 Å². The van der Waals surface area contributed by atoms with Crippen LogP contribution in [0, 0.1) is 17.6 Å². The van der Waals surface area contributed by atoms with E-state index in [0.717, 1.165) is 39.0 Å². The molecule has 1 aromatic rings. The summed E-state index contributed by atoms with van der Waals surface area (Å²) in [5, 5.41) is 3.30. The van der Waals surface area contributed by atoms with E-state index in [1.54, 1.807) is 0 Å². The number of halogens is 3. The maximum Gasteiger partial charge on any atom is 0.132 e. The van der Waals surface area contributed by atoms with E-state index in [1.807, 2.05) is 0 Å². The summed E-state index contributed by atoms with van der Waals surface area (Å²) in [4.78, 5) is 2.25. The molecule has 110 valence electrons. The number of piperazine rings is 1. The zero-order chi connectivity index (χ0) is 14.1. The van der Waals surface area contributed by atoms with E-state index in [9.17, 15) is 8.78 Å². The van der Waals surface area contributed by atoms with Crippen molar-refractivity contribution in [1.29, 1.82) is 0 Å². The second kappa shape index (κ2) is 6.08. The third-order valence-electron chi connectivity index (χ3n) is 4.48. The number of nitrogens with zero attached hydrogens (tertiary/aromatic N) is 1. The van der Waals surface area contributed by atoms with Crippen molar-refractivity contribution in [2.45, 2.75) is 25.3 Å². The van der Waals surface area contributed by atoms with Crippen molar-refractivity contribution >= 4 is 15.9 Å². The second-order valence-electron chi connectivity index (χ2n) is 5.70. The van der Waals surface area contributed by atoms with Gasteiger partial charge in [0.05, 0.1) is 0 Å². The lowest BCUT2D eigenvalue weighted by atomic mass is 9.76. The van der Waals surface area contributed by atoms with E-state index in [0.29, 0.717) is 10.4 Å². The molecule has 0 aromatic heterocycles. The van der Waals surface area contributed by atoms with Gasteiger partial charge < -0.3 is 5.32 Å². The minimum atomic E-state index is -0.424. The van der Waals surface area contributed by atoms with Gasteiger partial charge in [-0.3, -0.25) is 4.90 Å². The zero-order valence-electron chi connectivity index (χ0n) is 11.3. The molecule has 1 aliphatic carbocycles. The molecule has 3 rings (SSSR count). The molecule has 1 heterocycles. The molecule has 1 aliphatic heterocycles. The maximum atomic E-state index is 14.3. The van der Waals surface area contributed by atoms with Crippen molar-refractivity contribution in [3.63, 3.8) is 0 Å². The highest BCUT2D eigenvalue weighted by Crippen LogP contribution is 2.43. The summed E-state index contributed by atoms with van der Waals surface area (Å²) in [6, 6.07) is 2.65. The van der Waals surface area contributed by atoms with Gasteiger partial charge in [0, 0.05) is 42.3 Å². The van der Waals surface area contributed by atoms with Crippen LogP contribution in [0.5, 0.6) is 0 Å². The van der Waals surface area contributed by atoms with Crippen LogP contribution in [0.25, 0.3) is 0 Å². The maximum absolute atomic E-state index is 14.3. The third-order valence-corrected chi connectivity index (χ3v) is 4.94. The summed E-state index contributed by atoms with van der Waals surface area (Å²) in [6.07, 6.45) is 3.32. The average molecular weight is 345 g/mol. The summed E-state index contributed by atoms with van der Waals surface area (Å²) >= 11 is 3.16. The van der Waals surface area contributed by atoms with E-state index in [1.165, 1.54) is 18.6 Å². The lowest BCUT2D eigenvalue weighted by Gasteiger charge is -2.43. The molecule has 1 saturated carbocycles. The minimum Gasteiger partial charge on any atom is -0.314 e. The number of hydrogen-bond donors (Lipinski definition) is 1. The van der Waals surface area contributed by atoms with Crippen LogP contribution in [0.1, 0.15) is 30.9 Å². The first-order valence-corrected chi connectivity index (χ1v) is 8.05. The van der Waals surface area contributed by atoms with Gasteiger partial charge in [-0.05, 0) is 30.9 Å². The molecule has 2 aliphatic rings. The number of hydrogen-bond acceptors (Lipinski definition) is 2. The Morgan fingerprint density at radius 2 is 1.75 bits per heavy atom. The Kier molecular flexibility index (Phi) is 4.38. The standard InChI is InChI=1S/C15H19BrF2N2/c16-11-8-12(17)14(13(18)9-11)15(10-2-1-3-10)20-6-4-19-5-7-20/h8-10,15,19H,1-7H2/t15-/m0/s1. The Morgan fingerprint density at radius 3 is 2.25 bits per heavy atom. The summed E-state index contributed by atoms with van der Waals surface area (Å²) in [5.41, 5.74) is 0.264. The van der Waals surface area contributed by atoms with Crippen LogP contribution in [-0.2, 0) is 0 Å². The van der Waals surface area contributed by atoms with Crippen LogP contribution < -0.4 is 5.32 Å². The zero-order valence-corrected chi connectivity index (χ0v) is 12.9. The van der Waals surface area contributed by atoms with E-state index in [2.05, 4.69) is 26.1 Å². The lowest BCUT2D eigenvalue weighted by molar-refractivity contribution is 0.0784. The predicted octanol–water partition coefficient (Wildman–Crippen LogP) is 3.47. The monoisotopic (exact) mass is 344 g/mol. The van der Waals surface area contributed by atoms with Gasteiger partial charge in [0.1, 0.15) is 11.6 Å². The molecular weight excluding hydrogens is 326 g/mol. The van der Waals surface area contributed by atoms with Crippen molar-refractivity contribution in [1.82, 2.24) is 10.2 Å². The molecule has 1 aromatic carbocycles. The largest absolute Gasteiger partial charge is 0.314 e. The SMILES string of the molecule is Fc1cc(Br)cc(F)c1[C@H](C1CCC1)N1CCNCC1. The molecule has 1 atom stereocenters. The number of rotatable bonds is 3. The molecule has 0 radical (unpaired) electrons. The van der Waals surface area contributed by atoms with Gasteiger partial charge in [-0.25, -0.2) is 8.78 Å². The van der Waals surface area contributed by atoms with Gasteiger partial charge in [-0.1, -0.05) is 22.4 Å². The molecular formula is C15H19BrF2N2. The fourth-order valence-corrected chi connectivity index (χ4v) is 3.67. The fraction of sp³-hybridized carbons (Fsp3) is 0.600. The highest BCUT2D eigenvalue weighted by molar-refractivity contribution is 9.10. The minimum absolute atomic E-state index is 0.112. The predicted molar refractivity (Wildman–Crippen MR) is 78.6 cm³/mol. The van der Waals surface area contributed by atoms with Crippen LogP contribution >= 0.6 is 15.9 Å². The molecule has 2 nitrogen and oxygen atoms in total. The fourth-order valence-electron chi connectivity index (χ4n) is 3.27. The molecule has 1 saturated heterocycles. The Hall–Kier alpha value is -0.520. The Bertz CT molecular complexity index is 462. The average Bonchev–Trinajstić information content (AvgIpc) is 2.35. The van der Waals surface area contributed by atoms with Crippen molar-refractivity contribution in [3.05, 3.63) is 33.8 Å². The van der Waals surface area contributed by atoms with Crippen LogP contribution in [-0.4, -0.2) is 31.1 Å². The highest BCUT2D eigenvalue weighted by atomic mass is 79.9. The van der Waals surface area contributed by atoms with Crippen molar-refractivity contribution in [3.8, 4) is 0 Å².